The van der Waals surface area contributed by atoms with Crippen LogP contribution in [0.4, 0.5) is 0 Å². The van der Waals surface area contributed by atoms with Gasteiger partial charge in [0.2, 0.25) is 5.88 Å². The predicted molar refractivity (Wildman–Crippen MR) is 45.9 cm³/mol. The van der Waals surface area contributed by atoms with E-state index < -0.39 is 0 Å². The molecular weight excluding hydrogens is 172 g/mol. The maximum Gasteiger partial charge on any atom is 0.224 e. The van der Waals surface area contributed by atoms with Crippen molar-refractivity contribution in [3.63, 3.8) is 0 Å². The largest absolute Gasteiger partial charge is 0.481 e. The molecule has 72 valence electrons. The molecular formula is C8H12N2O3. The van der Waals surface area contributed by atoms with Crippen molar-refractivity contribution in [3.8, 4) is 5.88 Å². The number of aromatic nitrogens is 2. The van der Waals surface area contributed by atoms with Crippen LogP contribution in [0.1, 0.15) is 16.1 Å². The minimum atomic E-state index is 0.276. The fourth-order valence-corrected chi connectivity index (χ4v) is 1.13. The number of aldehydes is 1. The van der Waals surface area contributed by atoms with Crippen LogP contribution in [0.5, 0.6) is 5.88 Å². The van der Waals surface area contributed by atoms with Crippen molar-refractivity contribution in [1.29, 1.82) is 0 Å². The molecule has 5 heteroatoms. The lowest BCUT2D eigenvalue weighted by molar-refractivity contribution is 0.108. The highest BCUT2D eigenvalue weighted by Crippen LogP contribution is 2.19. The van der Waals surface area contributed by atoms with Crippen LogP contribution in [0.25, 0.3) is 0 Å². The van der Waals surface area contributed by atoms with E-state index in [0.29, 0.717) is 17.1 Å². The fraction of sp³-hybridized carbons (Fsp3) is 0.500. The summed E-state index contributed by atoms with van der Waals surface area (Å²) < 4.78 is 11.4. The van der Waals surface area contributed by atoms with Gasteiger partial charge >= 0.3 is 0 Å². The monoisotopic (exact) mass is 184 g/mol. The first-order valence-electron chi connectivity index (χ1n) is 3.80. The molecule has 0 saturated heterocycles. The molecule has 0 aromatic carbocycles. The molecule has 0 aliphatic heterocycles. The van der Waals surface area contributed by atoms with Crippen LogP contribution in [-0.2, 0) is 11.5 Å². The predicted octanol–water partition coefficient (Wildman–Crippen LogP) is 0.617. The number of nitrogens with zero attached hydrogens (tertiary/aromatic N) is 2. The second-order valence-corrected chi connectivity index (χ2v) is 2.54. The molecule has 0 spiro atoms. The molecule has 0 aliphatic carbocycles. The van der Waals surface area contributed by atoms with Crippen LogP contribution in [-0.4, -0.2) is 30.3 Å². The zero-order valence-corrected chi connectivity index (χ0v) is 7.90. The molecule has 5 nitrogen and oxygen atoms in total. The molecule has 0 saturated carbocycles. The zero-order valence-electron chi connectivity index (χ0n) is 7.90. The molecule has 1 aromatic rings. The van der Waals surface area contributed by atoms with Gasteiger partial charge in [-0.3, -0.25) is 4.79 Å². The molecule has 1 rings (SSSR count). The van der Waals surface area contributed by atoms with E-state index in [1.54, 1.807) is 14.0 Å². The van der Waals surface area contributed by atoms with Gasteiger partial charge in [0.15, 0.2) is 6.29 Å². The van der Waals surface area contributed by atoms with Gasteiger partial charge in [0.1, 0.15) is 6.73 Å². The van der Waals surface area contributed by atoms with Crippen LogP contribution in [0, 0.1) is 6.92 Å². The lowest BCUT2D eigenvalue weighted by atomic mass is 10.3. The van der Waals surface area contributed by atoms with E-state index in [1.807, 2.05) is 0 Å². The average Bonchev–Trinajstić information content (AvgIpc) is 2.41. The molecule has 1 heterocycles. The van der Waals surface area contributed by atoms with E-state index in [9.17, 15) is 4.79 Å². The average molecular weight is 184 g/mol. The summed E-state index contributed by atoms with van der Waals surface area (Å²) >= 11 is 0. The second kappa shape index (κ2) is 4.04. The van der Waals surface area contributed by atoms with Crippen molar-refractivity contribution >= 4 is 6.29 Å². The van der Waals surface area contributed by atoms with Crippen LogP contribution < -0.4 is 4.74 Å². The van der Waals surface area contributed by atoms with Crippen molar-refractivity contribution in [2.24, 2.45) is 0 Å². The van der Waals surface area contributed by atoms with Gasteiger partial charge in [0.05, 0.1) is 18.4 Å². The molecule has 13 heavy (non-hydrogen) atoms. The van der Waals surface area contributed by atoms with Crippen molar-refractivity contribution in [2.75, 3.05) is 14.2 Å². The molecule has 0 radical (unpaired) electrons. The van der Waals surface area contributed by atoms with Crippen molar-refractivity contribution < 1.29 is 14.3 Å². The summed E-state index contributed by atoms with van der Waals surface area (Å²) in [5, 5.41) is 4.08. The van der Waals surface area contributed by atoms with E-state index >= 15 is 0 Å². The van der Waals surface area contributed by atoms with Gasteiger partial charge in [-0.1, -0.05) is 0 Å². The van der Waals surface area contributed by atoms with Gasteiger partial charge in [0, 0.05) is 7.11 Å². The quantitative estimate of drug-likeness (QED) is 0.643. The lowest BCUT2D eigenvalue weighted by Gasteiger charge is -2.03. The third-order valence-corrected chi connectivity index (χ3v) is 1.69. The maximum absolute atomic E-state index is 10.7. The Morgan fingerprint density at radius 3 is 2.69 bits per heavy atom. The van der Waals surface area contributed by atoms with Crippen molar-refractivity contribution in [3.05, 3.63) is 11.3 Å². The Bertz CT molecular complexity index is 307. The van der Waals surface area contributed by atoms with Gasteiger partial charge in [0.25, 0.3) is 0 Å². The first kappa shape index (κ1) is 9.73. The third-order valence-electron chi connectivity index (χ3n) is 1.69. The first-order valence-corrected chi connectivity index (χ1v) is 3.80. The highest BCUT2D eigenvalue weighted by Gasteiger charge is 2.14. The highest BCUT2D eigenvalue weighted by molar-refractivity contribution is 5.80. The molecule has 0 atom stereocenters. The van der Waals surface area contributed by atoms with E-state index in [0.717, 1.165) is 6.29 Å². The number of aryl methyl sites for hydroxylation is 1. The van der Waals surface area contributed by atoms with E-state index in [-0.39, 0.29) is 6.73 Å². The van der Waals surface area contributed by atoms with Gasteiger partial charge < -0.3 is 9.47 Å². The molecule has 0 fully saturated rings. The smallest absolute Gasteiger partial charge is 0.224 e. The van der Waals surface area contributed by atoms with Gasteiger partial charge in [-0.15, -0.1) is 0 Å². The Kier molecular flexibility index (Phi) is 3.02. The van der Waals surface area contributed by atoms with Crippen LogP contribution in [0.3, 0.4) is 0 Å². The number of carbonyl (C=O) groups excluding carboxylic acids is 1. The van der Waals surface area contributed by atoms with E-state index in [2.05, 4.69) is 5.10 Å². The molecule has 0 unspecified atom stereocenters. The van der Waals surface area contributed by atoms with Crippen LogP contribution in [0.2, 0.25) is 0 Å². The van der Waals surface area contributed by atoms with Gasteiger partial charge in [-0.05, 0) is 6.92 Å². The fourth-order valence-electron chi connectivity index (χ4n) is 1.13. The molecule has 0 bridgehead atoms. The molecule has 0 amide bonds. The Morgan fingerprint density at radius 1 is 1.54 bits per heavy atom. The lowest BCUT2D eigenvalue weighted by Crippen LogP contribution is -2.04. The Balaban J connectivity index is 3.13. The number of rotatable bonds is 4. The summed E-state index contributed by atoms with van der Waals surface area (Å²) in [5.41, 5.74) is 1.11. The number of hydrogen-bond acceptors (Lipinski definition) is 4. The minimum absolute atomic E-state index is 0.276. The molecule has 1 aromatic heterocycles. The van der Waals surface area contributed by atoms with Crippen LogP contribution in [0.15, 0.2) is 0 Å². The zero-order chi connectivity index (χ0) is 9.84. The minimum Gasteiger partial charge on any atom is -0.481 e. The summed E-state index contributed by atoms with van der Waals surface area (Å²) in [6, 6.07) is 0. The Labute approximate surface area is 76.3 Å². The Morgan fingerprint density at radius 2 is 2.23 bits per heavy atom. The normalized spacial score (nSPS) is 10.1. The van der Waals surface area contributed by atoms with Crippen molar-refractivity contribution in [2.45, 2.75) is 13.7 Å². The number of ether oxygens (including phenoxy) is 2. The SMILES string of the molecule is COCn1nc(C)c(C=O)c1OC. The van der Waals surface area contributed by atoms with E-state index in [1.165, 1.54) is 11.8 Å². The maximum atomic E-state index is 10.7. The van der Waals surface area contributed by atoms with E-state index in [4.69, 9.17) is 9.47 Å². The highest BCUT2D eigenvalue weighted by atomic mass is 16.5. The number of carbonyl (C=O) groups is 1. The summed E-state index contributed by atoms with van der Waals surface area (Å²) in [7, 11) is 3.05. The summed E-state index contributed by atoms with van der Waals surface area (Å²) in [6.07, 6.45) is 0.729. The third kappa shape index (κ3) is 1.70. The first-order chi connectivity index (χ1) is 6.24. The standard InChI is InChI=1S/C8H12N2O3/c1-6-7(4-11)8(13-3)10(9-6)5-12-2/h4H,5H2,1-3H3. The summed E-state index contributed by atoms with van der Waals surface area (Å²) in [4.78, 5) is 10.7. The summed E-state index contributed by atoms with van der Waals surface area (Å²) in [6.45, 7) is 2.02. The summed E-state index contributed by atoms with van der Waals surface area (Å²) in [5.74, 6) is 0.439. The van der Waals surface area contributed by atoms with Gasteiger partial charge in [-0.2, -0.15) is 5.10 Å². The molecule has 0 aliphatic rings. The number of hydrogen-bond donors (Lipinski definition) is 0. The topological polar surface area (TPSA) is 53.4 Å². The van der Waals surface area contributed by atoms with Crippen LogP contribution >= 0.6 is 0 Å². The number of methoxy groups -OCH3 is 2. The van der Waals surface area contributed by atoms with Gasteiger partial charge in [-0.25, -0.2) is 4.68 Å². The Hall–Kier alpha value is -1.36. The second-order valence-electron chi connectivity index (χ2n) is 2.54. The van der Waals surface area contributed by atoms with Crippen molar-refractivity contribution in [1.82, 2.24) is 9.78 Å². The molecule has 0 N–H and O–H groups in total.